The highest BCUT2D eigenvalue weighted by Gasteiger charge is 2.22. The maximum atomic E-state index is 10.6. The van der Waals surface area contributed by atoms with Crippen LogP contribution in [0.25, 0.3) is 0 Å². The van der Waals surface area contributed by atoms with E-state index in [1.165, 1.54) is 18.2 Å². The van der Waals surface area contributed by atoms with Crippen LogP contribution in [0, 0.1) is 10.1 Å². The van der Waals surface area contributed by atoms with Crippen LogP contribution in [0.4, 0.5) is 11.4 Å². The van der Waals surface area contributed by atoms with Gasteiger partial charge in [0.25, 0.3) is 5.69 Å². The minimum atomic E-state index is -1.25. The molecule has 2 atom stereocenters. The second-order valence-electron chi connectivity index (χ2n) is 3.59. The van der Waals surface area contributed by atoms with Crippen molar-refractivity contribution in [1.82, 2.24) is 0 Å². The van der Waals surface area contributed by atoms with Crippen LogP contribution in [0.15, 0.2) is 18.2 Å². The molecular formula is C10H14N2O4S. The SMILES string of the molecule is Nc1ccc([N+](=O)[O-])cc1C(O)C(O)CCS. The summed E-state index contributed by atoms with van der Waals surface area (Å²) in [5.74, 6) is 0.396. The number of nitrogen functional groups attached to an aromatic ring is 1. The van der Waals surface area contributed by atoms with E-state index in [0.717, 1.165) is 0 Å². The number of nitro groups is 1. The number of hydrogen-bond donors (Lipinski definition) is 4. The normalized spacial score (nSPS) is 14.3. The van der Waals surface area contributed by atoms with Gasteiger partial charge in [-0.3, -0.25) is 10.1 Å². The molecule has 1 rings (SSSR count). The monoisotopic (exact) mass is 258 g/mol. The molecule has 7 heteroatoms. The molecule has 0 saturated carbocycles. The predicted octanol–water partition coefficient (Wildman–Crippen LogP) is 0.891. The summed E-state index contributed by atoms with van der Waals surface area (Å²) in [5, 5.41) is 30.0. The second-order valence-corrected chi connectivity index (χ2v) is 4.04. The van der Waals surface area contributed by atoms with Crippen molar-refractivity contribution in [2.24, 2.45) is 0 Å². The maximum Gasteiger partial charge on any atom is 0.269 e. The molecule has 0 bridgehead atoms. The zero-order chi connectivity index (χ0) is 13.0. The number of anilines is 1. The van der Waals surface area contributed by atoms with Gasteiger partial charge in [0.15, 0.2) is 0 Å². The molecule has 2 unspecified atom stereocenters. The number of thiol groups is 1. The van der Waals surface area contributed by atoms with Crippen LogP contribution in [0.3, 0.4) is 0 Å². The number of non-ortho nitro benzene ring substituents is 1. The molecule has 17 heavy (non-hydrogen) atoms. The summed E-state index contributed by atoms with van der Waals surface area (Å²) >= 11 is 3.94. The van der Waals surface area contributed by atoms with Crippen LogP contribution in [0.2, 0.25) is 0 Å². The molecule has 0 aliphatic rings. The fraction of sp³-hybridized carbons (Fsp3) is 0.400. The van der Waals surface area contributed by atoms with Gasteiger partial charge < -0.3 is 15.9 Å². The first-order chi connectivity index (χ1) is 7.97. The Morgan fingerprint density at radius 3 is 2.65 bits per heavy atom. The van der Waals surface area contributed by atoms with Crippen molar-refractivity contribution in [2.75, 3.05) is 11.5 Å². The van der Waals surface area contributed by atoms with Gasteiger partial charge in [0.05, 0.1) is 11.0 Å². The minimum Gasteiger partial charge on any atom is -0.398 e. The number of benzene rings is 1. The molecular weight excluding hydrogens is 244 g/mol. The van der Waals surface area contributed by atoms with E-state index >= 15 is 0 Å². The first kappa shape index (κ1) is 13.8. The Kier molecular flexibility index (Phi) is 4.73. The molecule has 1 aromatic rings. The third-order valence-corrected chi connectivity index (χ3v) is 2.65. The Balaban J connectivity index is 3.03. The van der Waals surface area contributed by atoms with Gasteiger partial charge in [-0.1, -0.05) is 0 Å². The number of nitrogens with two attached hydrogens (primary N) is 1. The number of aliphatic hydroxyl groups excluding tert-OH is 2. The van der Waals surface area contributed by atoms with Gasteiger partial charge >= 0.3 is 0 Å². The quantitative estimate of drug-likeness (QED) is 0.271. The molecule has 0 saturated heterocycles. The standard InChI is InChI=1S/C10H14N2O4S/c11-8-2-1-6(12(15)16)5-7(8)10(14)9(13)3-4-17/h1-2,5,9-10,13-14,17H,3-4,11H2. The number of nitro benzene ring substituents is 1. The van der Waals surface area contributed by atoms with Crippen LogP contribution in [-0.2, 0) is 0 Å². The zero-order valence-electron chi connectivity index (χ0n) is 8.98. The highest BCUT2D eigenvalue weighted by atomic mass is 32.1. The molecule has 0 spiro atoms. The summed E-state index contributed by atoms with van der Waals surface area (Å²) in [6.45, 7) is 0. The summed E-state index contributed by atoms with van der Waals surface area (Å²) in [6.07, 6.45) is -2.02. The number of aliphatic hydroxyl groups is 2. The van der Waals surface area contributed by atoms with Crippen molar-refractivity contribution in [3.05, 3.63) is 33.9 Å². The molecule has 4 N–H and O–H groups in total. The summed E-state index contributed by atoms with van der Waals surface area (Å²) in [7, 11) is 0. The topological polar surface area (TPSA) is 110 Å². The summed E-state index contributed by atoms with van der Waals surface area (Å²) in [4.78, 5) is 10.0. The summed E-state index contributed by atoms with van der Waals surface area (Å²) < 4.78 is 0. The van der Waals surface area contributed by atoms with E-state index in [1.54, 1.807) is 0 Å². The summed E-state index contributed by atoms with van der Waals surface area (Å²) in [5.41, 5.74) is 5.81. The lowest BCUT2D eigenvalue weighted by molar-refractivity contribution is -0.385. The molecule has 94 valence electrons. The first-order valence-corrected chi connectivity index (χ1v) is 5.61. The van der Waals surface area contributed by atoms with E-state index in [4.69, 9.17) is 5.73 Å². The van der Waals surface area contributed by atoms with Crippen LogP contribution in [-0.4, -0.2) is 27.0 Å². The lowest BCUT2D eigenvalue weighted by atomic mass is 10.0. The number of rotatable bonds is 5. The number of nitrogens with zero attached hydrogens (tertiary/aromatic N) is 1. The van der Waals surface area contributed by atoms with Gasteiger partial charge in [0.2, 0.25) is 0 Å². The molecule has 0 fully saturated rings. The molecule has 1 aromatic carbocycles. The van der Waals surface area contributed by atoms with Crippen LogP contribution < -0.4 is 5.73 Å². The third kappa shape index (κ3) is 3.32. The average Bonchev–Trinajstić information content (AvgIpc) is 2.28. The van der Waals surface area contributed by atoms with Crippen LogP contribution >= 0.6 is 12.6 Å². The predicted molar refractivity (Wildman–Crippen MR) is 66.9 cm³/mol. The van der Waals surface area contributed by atoms with Crippen molar-refractivity contribution in [2.45, 2.75) is 18.6 Å². The molecule has 6 nitrogen and oxygen atoms in total. The van der Waals surface area contributed by atoms with E-state index in [-0.39, 0.29) is 23.4 Å². The van der Waals surface area contributed by atoms with Gasteiger partial charge in [0, 0.05) is 23.4 Å². The van der Waals surface area contributed by atoms with Crippen LogP contribution in [0.1, 0.15) is 18.1 Å². The van der Waals surface area contributed by atoms with Gasteiger partial charge in [-0.15, -0.1) is 0 Å². The Morgan fingerprint density at radius 2 is 2.12 bits per heavy atom. The maximum absolute atomic E-state index is 10.6. The molecule has 0 aliphatic carbocycles. The van der Waals surface area contributed by atoms with Gasteiger partial charge in [-0.05, 0) is 18.2 Å². The highest BCUT2D eigenvalue weighted by molar-refractivity contribution is 7.80. The number of hydrogen-bond acceptors (Lipinski definition) is 6. The van der Waals surface area contributed by atoms with Gasteiger partial charge in [0.1, 0.15) is 6.10 Å². The van der Waals surface area contributed by atoms with E-state index < -0.39 is 17.1 Å². The van der Waals surface area contributed by atoms with Crippen LogP contribution in [0.5, 0.6) is 0 Å². The van der Waals surface area contributed by atoms with Crippen molar-refractivity contribution in [3.8, 4) is 0 Å². The largest absolute Gasteiger partial charge is 0.398 e. The van der Waals surface area contributed by atoms with Gasteiger partial charge in [-0.2, -0.15) is 12.6 Å². The lowest BCUT2D eigenvalue weighted by Gasteiger charge is -2.18. The molecule has 0 amide bonds. The first-order valence-electron chi connectivity index (χ1n) is 4.98. The Morgan fingerprint density at radius 1 is 1.47 bits per heavy atom. The Labute approximate surface area is 104 Å². The lowest BCUT2D eigenvalue weighted by Crippen LogP contribution is -2.20. The average molecular weight is 258 g/mol. The van der Waals surface area contributed by atoms with Crippen molar-refractivity contribution < 1.29 is 15.1 Å². The fourth-order valence-electron chi connectivity index (χ4n) is 1.43. The van der Waals surface area contributed by atoms with Crippen molar-refractivity contribution in [1.29, 1.82) is 0 Å². The van der Waals surface area contributed by atoms with E-state index in [9.17, 15) is 20.3 Å². The minimum absolute atomic E-state index is 0.161. The van der Waals surface area contributed by atoms with Gasteiger partial charge in [-0.25, -0.2) is 0 Å². The second kappa shape index (κ2) is 5.85. The highest BCUT2D eigenvalue weighted by Crippen LogP contribution is 2.28. The Bertz CT molecular complexity index is 413. The van der Waals surface area contributed by atoms with Crippen molar-refractivity contribution in [3.63, 3.8) is 0 Å². The fourth-order valence-corrected chi connectivity index (χ4v) is 1.69. The van der Waals surface area contributed by atoms with E-state index in [0.29, 0.717) is 5.75 Å². The third-order valence-electron chi connectivity index (χ3n) is 2.39. The molecule has 0 aliphatic heterocycles. The smallest absolute Gasteiger partial charge is 0.269 e. The van der Waals surface area contributed by atoms with E-state index in [2.05, 4.69) is 12.6 Å². The van der Waals surface area contributed by atoms with E-state index in [1.807, 2.05) is 0 Å². The molecule has 0 aromatic heterocycles. The molecule has 0 heterocycles. The Hall–Kier alpha value is -1.31. The van der Waals surface area contributed by atoms with Crippen molar-refractivity contribution >= 4 is 24.0 Å². The zero-order valence-corrected chi connectivity index (χ0v) is 9.88. The molecule has 0 radical (unpaired) electrons. The summed E-state index contributed by atoms with van der Waals surface area (Å²) in [6, 6.07) is 3.75.